The maximum absolute atomic E-state index is 3.00. The van der Waals surface area contributed by atoms with Gasteiger partial charge in [0, 0.05) is 0 Å². The number of benzene rings is 9. The van der Waals surface area contributed by atoms with Gasteiger partial charge in [0.05, 0.1) is 0 Å². The van der Waals surface area contributed by atoms with Crippen LogP contribution in [0.5, 0.6) is 0 Å². The molecule has 0 aromatic heterocycles. The Balaban J connectivity index is 1.09. The summed E-state index contributed by atoms with van der Waals surface area (Å²) >= 11 is 0. The minimum absolute atomic E-state index is 0.493. The van der Waals surface area contributed by atoms with Gasteiger partial charge < -0.3 is 0 Å². The van der Waals surface area contributed by atoms with Crippen molar-refractivity contribution in [2.75, 3.05) is 0 Å². The molecule has 1 aliphatic rings. The van der Waals surface area contributed by atoms with Gasteiger partial charge in [0.25, 0.3) is 0 Å². The fraction of sp³-hybridized carbons (Fsp3) is 0.0980. The highest BCUT2D eigenvalue weighted by atomic mass is 31.1. The van der Waals surface area contributed by atoms with E-state index in [-0.39, 0.29) is 0 Å². The van der Waals surface area contributed by atoms with Crippen molar-refractivity contribution in [3.05, 3.63) is 198 Å². The Bertz CT molecular complexity index is 2760. The topological polar surface area (TPSA) is 0 Å². The summed E-state index contributed by atoms with van der Waals surface area (Å²) in [5.74, 6) is 0. The van der Waals surface area contributed by atoms with Crippen molar-refractivity contribution in [2.24, 2.45) is 0 Å². The van der Waals surface area contributed by atoms with E-state index in [9.17, 15) is 0 Å². The van der Waals surface area contributed by atoms with E-state index in [0.717, 1.165) is 31.3 Å². The van der Waals surface area contributed by atoms with E-state index in [1.807, 2.05) is 0 Å². The fourth-order valence-electron chi connectivity index (χ4n) is 9.03. The molecule has 0 saturated heterocycles. The third-order valence-corrected chi connectivity index (χ3v) is 14.5. The van der Waals surface area contributed by atoms with Gasteiger partial charge in [0.2, 0.25) is 0 Å². The van der Waals surface area contributed by atoms with Crippen molar-refractivity contribution < 1.29 is 0 Å². The predicted octanol–water partition coefficient (Wildman–Crippen LogP) is 13.6. The molecule has 2 heteroatoms. The molecule has 0 spiro atoms. The minimum Gasteiger partial charge on any atom is -0.133 e. The number of fused-ring (bicyclic) bond motifs is 9. The standard InChI is InChI=1S/C51H40P2/c52-31-40-28-22-35-12-2-7-17-44(35)49(40)48-39(26-21-34-11-1-6-16-43(34)48)27-25-38-15-5-10-20-47(38)53-32-41-29-23-36-13-3-8-18-45(36)50(41)51-42(33-53)30-24-37-14-4-9-19-46(37)51/h1-24,26,28-30H,25,27,31-33,52H2. The van der Waals surface area contributed by atoms with Crippen LogP contribution in [0.2, 0.25) is 0 Å². The van der Waals surface area contributed by atoms with Crippen LogP contribution >= 0.6 is 17.2 Å². The van der Waals surface area contributed by atoms with Crippen LogP contribution in [0.4, 0.5) is 0 Å². The average Bonchev–Trinajstić information content (AvgIpc) is 3.40. The molecule has 1 unspecified atom stereocenters. The second-order valence-corrected chi connectivity index (χ2v) is 17.1. The summed E-state index contributed by atoms with van der Waals surface area (Å²) in [5, 5.41) is 12.2. The summed E-state index contributed by atoms with van der Waals surface area (Å²) in [6.07, 6.45) is 5.09. The Morgan fingerprint density at radius 3 is 1.28 bits per heavy atom. The molecule has 0 fully saturated rings. The van der Waals surface area contributed by atoms with Gasteiger partial charge in [-0.25, -0.2) is 0 Å². The normalized spacial score (nSPS) is 13.0. The lowest BCUT2D eigenvalue weighted by atomic mass is 9.86. The first-order valence-electron chi connectivity index (χ1n) is 18.8. The van der Waals surface area contributed by atoms with Crippen molar-refractivity contribution in [3.63, 3.8) is 0 Å². The Kier molecular flexibility index (Phi) is 8.41. The first-order valence-corrected chi connectivity index (χ1v) is 21.3. The molecular formula is C51H40P2. The maximum Gasteiger partial charge on any atom is -0.00233 e. The Morgan fingerprint density at radius 1 is 0.358 bits per heavy atom. The summed E-state index contributed by atoms with van der Waals surface area (Å²) in [4.78, 5) is 0. The first kappa shape index (κ1) is 32.5. The van der Waals surface area contributed by atoms with E-state index in [1.54, 1.807) is 5.30 Å². The van der Waals surface area contributed by atoms with Gasteiger partial charge in [-0.05, 0) is 130 Å². The molecule has 0 aliphatic carbocycles. The van der Waals surface area contributed by atoms with Crippen LogP contribution < -0.4 is 5.30 Å². The maximum atomic E-state index is 3.00. The fourth-order valence-corrected chi connectivity index (χ4v) is 12.1. The SMILES string of the molecule is PCc1ccc2ccccc2c1-c1c(CCc2ccccc2P2Cc3ccc4ccccc4c3-c3c(ccc4ccccc34)C2)ccc2ccccc12. The van der Waals surface area contributed by atoms with E-state index in [2.05, 4.69) is 179 Å². The number of hydrogen-bond acceptors (Lipinski definition) is 0. The molecular weight excluding hydrogens is 675 g/mol. The van der Waals surface area contributed by atoms with Crippen LogP contribution in [0.1, 0.15) is 27.8 Å². The molecule has 9 aromatic rings. The van der Waals surface area contributed by atoms with E-state index < -0.39 is 7.92 Å². The summed E-state index contributed by atoms with van der Waals surface area (Å²) in [7, 11) is 2.50. The van der Waals surface area contributed by atoms with Gasteiger partial charge in [-0.15, -0.1) is 9.24 Å². The average molecular weight is 715 g/mol. The molecule has 0 bridgehead atoms. The van der Waals surface area contributed by atoms with Gasteiger partial charge in [0.15, 0.2) is 0 Å². The van der Waals surface area contributed by atoms with Crippen molar-refractivity contribution in [2.45, 2.75) is 31.3 Å². The number of hydrogen-bond donors (Lipinski definition) is 0. The van der Waals surface area contributed by atoms with Crippen LogP contribution in [0.3, 0.4) is 0 Å². The lowest BCUT2D eigenvalue weighted by molar-refractivity contribution is 0.970. The van der Waals surface area contributed by atoms with Gasteiger partial charge in [-0.1, -0.05) is 178 Å². The molecule has 1 aliphatic heterocycles. The molecule has 0 amide bonds. The third kappa shape index (κ3) is 5.68. The van der Waals surface area contributed by atoms with Gasteiger partial charge in [0.1, 0.15) is 0 Å². The lowest BCUT2D eigenvalue weighted by Gasteiger charge is -2.22. The molecule has 0 radical (unpaired) electrons. The van der Waals surface area contributed by atoms with Crippen LogP contribution in [0, 0.1) is 0 Å². The van der Waals surface area contributed by atoms with E-state index in [0.29, 0.717) is 0 Å². The Morgan fingerprint density at radius 2 is 0.755 bits per heavy atom. The van der Waals surface area contributed by atoms with Gasteiger partial charge in [-0.2, -0.15) is 0 Å². The number of rotatable bonds is 6. The summed E-state index contributed by atoms with van der Waals surface area (Å²) in [6, 6.07) is 64.2. The van der Waals surface area contributed by atoms with Crippen LogP contribution in [-0.4, -0.2) is 0 Å². The largest absolute Gasteiger partial charge is 0.133 e. The predicted molar refractivity (Wildman–Crippen MR) is 235 cm³/mol. The van der Waals surface area contributed by atoms with Crippen LogP contribution in [-0.2, 0) is 31.3 Å². The van der Waals surface area contributed by atoms with Crippen molar-refractivity contribution in [1.29, 1.82) is 0 Å². The molecule has 9 aromatic carbocycles. The monoisotopic (exact) mass is 714 g/mol. The highest BCUT2D eigenvalue weighted by molar-refractivity contribution is 7.64. The zero-order chi connectivity index (χ0) is 35.3. The van der Waals surface area contributed by atoms with E-state index >= 15 is 0 Å². The second-order valence-electron chi connectivity index (χ2n) is 14.5. The van der Waals surface area contributed by atoms with Gasteiger partial charge in [-0.3, -0.25) is 0 Å². The summed E-state index contributed by atoms with van der Waals surface area (Å²) in [5.41, 5.74) is 12.9. The van der Waals surface area contributed by atoms with E-state index in [1.165, 1.54) is 93.2 Å². The Hall–Kier alpha value is -5.12. The quantitative estimate of drug-likeness (QED) is 0.150. The van der Waals surface area contributed by atoms with Crippen LogP contribution in [0.15, 0.2) is 170 Å². The molecule has 53 heavy (non-hydrogen) atoms. The smallest absolute Gasteiger partial charge is 0.00233 e. The van der Waals surface area contributed by atoms with Crippen LogP contribution in [0.25, 0.3) is 65.3 Å². The van der Waals surface area contributed by atoms with Crippen molar-refractivity contribution in [3.8, 4) is 22.3 Å². The molecule has 10 rings (SSSR count). The zero-order valence-corrected chi connectivity index (χ0v) is 31.8. The summed E-state index contributed by atoms with van der Waals surface area (Å²) < 4.78 is 0. The lowest BCUT2D eigenvalue weighted by Crippen LogP contribution is -2.12. The molecule has 254 valence electrons. The zero-order valence-electron chi connectivity index (χ0n) is 29.7. The van der Waals surface area contributed by atoms with Crippen molar-refractivity contribution in [1.82, 2.24) is 0 Å². The second kappa shape index (κ2) is 13.7. The molecule has 1 heterocycles. The van der Waals surface area contributed by atoms with Gasteiger partial charge >= 0.3 is 0 Å². The third-order valence-electron chi connectivity index (χ3n) is 11.5. The number of aryl methyl sites for hydroxylation is 2. The molecule has 0 nitrogen and oxygen atoms in total. The first-order chi connectivity index (χ1) is 26.2. The molecule has 1 atom stereocenters. The molecule has 0 N–H and O–H groups in total. The minimum atomic E-state index is -0.493. The highest BCUT2D eigenvalue weighted by Crippen LogP contribution is 2.53. The Labute approximate surface area is 315 Å². The molecule has 0 saturated carbocycles. The highest BCUT2D eigenvalue weighted by Gasteiger charge is 2.27. The van der Waals surface area contributed by atoms with E-state index in [4.69, 9.17) is 0 Å². The van der Waals surface area contributed by atoms with Crippen molar-refractivity contribution >= 4 is 65.6 Å². The summed E-state index contributed by atoms with van der Waals surface area (Å²) in [6.45, 7) is 0.